The average molecular weight is 348 g/mol. The van der Waals surface area contributed by atoms with Gasteiger partial charge in [-0.2, -0.15) is 23.3 Å². The van der Waals surface area contributed by atoms with Crippen molar-refractivity contribution in [1.82, 2.24) is 5.01 Å². The summed E-state index contributed by atoms with van der Waals surface area (Å²) in [6.45, 7) is 1.34. The molecule has 0 fully saturated rings. The summed E-state index contributed by atoms with van der Waals surface area (Å²) in [6, 6.07) is 15.5. The third-order valence-corrected chi connectivity index (χ3v) is 4.01. The minimum Gasteiger partial charge on any atom is -0.362 e. The number of amides is 1. The molecule has 0 bridgehead atoms. The summed E-state index contributed by atoms with van der Waals surface area (Å²) in [6.07, 6.45) is -5.77. The summed E-state index contributed by atoms with van der Waals surface area (Å²) in [5.41, 5.74) is -1.52. The lowest BCUT2D eigenvalue weighted by molar-refractivity contribution is -0.297. The maximum Gasteiger partial charge on any atom is 0.438 e. The molecule has 25 heavy (non-hydrogen) atoms. The Morgan fingerprint density at radius 2 is 1.64 bits per heavy atom. The minimum atomic E-state index is -5.01. The smallest absolute Gasteiger partial charge is 0.362 e. The summed E-state index contributed by atoms with van der Waals surface area (Å²) in [7, 11) is 0. The van der Waals surface area contributed by atoms with E-state index in [1.807, 2.05) is 30.3 Å². The molecule has 1 atom stereocenters. The standard InChI is InChI=1S/C18H15F3N2O2/c1-12-11-17(25,18(19,20)21)23(22-12)16(24)15-9-7-14(8-10-15)13-5-3-2-4-6-13/h2-10,25H,11H2,1H3. The van der Waals surface area contributed by atoms with Gasteiger partial charge in [-0.15, -0.1) is 0 Å². The van der Waals surface area contributed by atoms with Crippen molar-refractivity contribution in [3.05, 3.63) is 60.2 Å². The largest absolute Gasteiger partial charge is 0.438 e. The van der Waals surface area contributed by atoms with Crippen molar-refractivity contribution in [1.29, 1.82) is 0 Å². The Kier molecular flexibility index (Phi) is 4.12. The Morgan fingerprint density at radius 1 is 1.08 bits per heavy atom. The second-order valence-corrected chi connectivity index (χ2v) is 5.89. The lowest BCUT2D eigenvalue weighted by atomic mass is 10.0. The molecule has 130 valence electrons. The first-order valence-corrected chi connectivity index (χ1v) is 7.55. The molecule has 4 nitrogen and oxygen atoms in total. The van der Waals surface area contributed by atoms with Crippen molar-refractivity contribution in [2.24, 2.45) is 5.10 Å². The molecule has 7 heteroatoms. The second kappa shape index (κ2) is 6.00. The lowest BCUT2D eigenvalue weighted by Crippen LogP contribution is -2.56. The molecule has 2 aromatic carbocycles. The second-order valence-electron chi connectivity index (χ2n) is 5.89. The molecule has 1 heterocycles. The number of rotatable bonds is 2. The Bertz CT molecular complexity index is 816. The van der Waals surface area contributed by atoms with Gasteiger partial charge in [-0.3, -0.25) is 4.79 Å². The van der Waals surface area contributed by atoms with E-state index in [0.717, 1.165) is 11.1 Å². The van der Waals surface area contributed by atoms with Crippen LogP contribution in [0.5, 0.6) is 0 Å². The lowest BCUT2D eigenvalue weighted by Gasteiger charge is -2.32. The fraction of sp³-hybridized carbons (Fsp3) is 0.222. The van der Waals surface area contributed by atoms with Crippen LogP contribution in [0.2, 0.25) is 0 Å². The highest BCUT2D eigenvalue weighted by molar-refractivity contribution is 5.98. The molecule has 0 aliphatic carbocycles. The van der Waals surface area contributed by atoms with E-state index < -0.39 is 24.2 Å². The van der Waals surface area contributed by atoms with Gasteiger partial charge in [-0.25, -0.2) is 0 Å². The molecular weight excluding hydrogens is 333 g/mol. The van der Waals surface area contributed by atoms with Gasteiger partial charge in [0.05, 0.1) is 0 Å². The van der Waals surface area contributed by atoms with Gasteiger partial charge in [0.15, 0.2) is 0 Å². The fourth-order valence-corrected chi connectivity index (χ4v) is 2.71. The number of hydrazone groups is 1. The predicted octanol–water partition coefficient (Wildman–Crippen LogP) is 3.83. The zero-order valence-electron chi connectivity index (χ0n) is 13.3. The highest BCUT2D eigenvalue weighted by Crippen LogP contribution is 2.40. The van der Waals surface area contributed by atoms with E-state index in [-0.39, 0.29) is 16.3 Å². The first kappa shape index (κ1) is 17.2. The molecule has 0 saturated carbocycles. The number of aliphatic hydroxyl groups is 1. The molecule has 2 aromatic rings. The number of halogens is 3. The summed E-state index contributed by atoms with van der Waals surface area (Å²) in [5, 5.41) is 13.7. The molecule has 1 unspecified atom stereocenters. The SMILES string of the molecule is CC1=NN(C(=O)c2ccc(-c3ccccc3)cc2)C(O)(C(F)(F)F)C1. The number of nitrogens with zero attached hydrogens (tertiary/aromatic N) is 2. The van der Waals surface area contributed by atoms with Crippen molar-refractivity contribution >= 4 is 11.6 Å². The van der Waals surface area contributed by atoms with Gasteiger partial charge in [0.2, 0.25) is 0 Å². The maximum absolute atomic E-state index is 13.2. The van der Waals surface area contributed by atoms with Crippen LogP contribution in [-0.2, 0) is 0 Å². The third-order valence-electron chi connectivity index (χ3n) is 4.01. The average Bonchev–Trinajstić information content (AvgIpc) is 2.91. The molecule has 0 aromatic heterocycles. The Morgan fingerprint density at radius 3 is 2.20 bits per heavy atom. The Hall–Kier alpha value is -2.67. The maximum atomic E-state index is 13.2. The third kappa shape index (κ3) is 3.02. The van der Waals surface area contributed by atoms with Crippen molar-refractivity contribution < 1.29 is 23.1 Å². The fourth-order valence-electron chi connectivity index (χ4n) is 2.71. The Balaban J connectivity index is 1.90. The molecule has 0 saturated heterocycles. The number of carbonyl (C=O) groups excluding carboxylic acids is 1. The molecule has 1 N–H and O–H groups in total. The van der Waals surface area contributed by atoms with Crippen LogP contribution in [0.15, 0.2) is 59.7 Å². The molecule has 1 aliphatic heterocycles. The number of hydrogen-bond acceptors (Lipinski definition) is 3. The quantitative estimate of drug-likeness (QED) is 0.897. The van der Waals surface area contributed by atoms with E-state index >= 15 is 0 Å². The van der Waals surface area contributed by atoms with Crippen molar-refractivity contribution in [2.45, 2.75) is 25.2 Å². The number of benzene rings is 2. The zero-order valence-corrected chi connectivity index (χ0v) is 13.3. The van der Waals surface area contributed by atoms with Crippen LogP contribution in [0, 0.1) is 0 Å². The van der Waals surface area contributed by atoms with Gasteiger partial charge < -0.3 is 5.11 Å². The number of alkyl halides is 3. The molecule has 1 amide bonds. The van der Waals surface area contributed by atoms with Crippen LogP contribution in [0.25, 0.3) is 11.1 Å². The highest BCUT2D eigenvalue weighted by atomic mass is 19.4. The van der Waals surface area contributed by atoms with Crippen LogP contribution in [0.1, 0.15) is 23.7 Å². The molecule has 1 aliphatic rings. The van der Waals surface area contributed by atoms with Crippen molar-refractivity contribution in [3.63, 3.8) is 0 Å². The van der Waals surface area contributed by atoms with E-state index in [2.05, 4.69) is 5.10 Å². The van der Waals surface area contributed by atoms with Gasteiger partial charge in [0, 0.05) is 17.7 Å². The van der Waals surface area contributed by atoms with Gasteiger partial charge in [-0.1, -0.05) is 42.5 Å². The van der Waals surface area contributed by atoms with Crippen molar-refractivity contribution in [2.75, 3.05) is 0 Å². The van der Waals surface area contributed by atoms with E-state index in [0.29, 0.717) is 0 Å². The van der Waals surface area contributed by atoms with Crippen LogP contribution in [-0.4, -0.2) is 33.6 Å². The number of carbonyl (C=O) groups is 1. The summed E-state index contributed by atoms with van der Waals surface area (Å²) in [5.74, 6) is -1.00. The van der Waals surface area contributed by atoms with E-state index in [4.69, 9.17) is 0 Å². The highest BCUT2D eigenvalue weighted by Gasteiger charge is 2.62. The summed E-state index contributed by atoms with van der Waals surface area (Å²) in [4.78, 5) is 12.5. The summed E-state index contributed by atoms with van der Waals surface area (Å²) < 4.78 is 39.6. The van der Waals surface area contributed by atoms with Gasteiger partial charge in [0.1, 0.15) is 0 Å². The summed E-state index contributed by atoms with van der Waals surface area (Å²) >= 11 is 0. The van der Waals surface area contributed by atoms with Gasteiger partial charge in [0.25, 0.3) is 11.6 Å². The van der Waals surface area contributed by atoms with Gasteiger partial charge in [-0.05, 0) is 30.2 Å². The minimum absolute atomic E-state index is 0.0146. The van der Waals surface area contributed by atoms with Crippen LogP contribution < -0.4 is 0 Å². The van der Waals surface area contributed by atoms with E-state index in [1.165, 1.54) is 19.1 Å². The van der Waals surface area contributed by atoms with Gasteiger partial charge >= 0.3 is 6.18 Å². The number of hydrogen-bond donors (Lipinski definition) is 1. The Labute approximate surface area is 142 Å². The van der Waals surface area contributed by atoms with E-state index in [1.54, 1.807) is 12.1 Å². The molecule has 0 spiro atoms. The first-order valence-electron chi connectivity index (χ1n) is 7.55. The molecular formula is C18H15F3N2O2. The first-order chi connectivity index (χ1) is 11.7. The topological polar surface area (TPSA) is 52.9 Å². The van der Waals surface area contributed by atoms with Crippen LogP contribution in [0.3, 0.4) is 0 Å². The van der Waals surface area contributed by atoms with Crippen LogP contribution in [0.4, 0.5) is 13.2 Å². The zero-order chi connectivity index (χ0) is 18.2. The van der Waals surface area contributed by atoms with Crippen molar-refractivity contribution in [3.8, 4) is 11.1 Å². The molecule has 0 radical (unpaired) electrons. The van der Waals surface area contributed by atoms with E-state index in [9.17, 15) is 23.1 Å². The predicted molar refractivity (Wildman–Crippen MR) is 86.8 cm³/mol. The molecule has 3 rings (SSSR count). The van der Waals surface area contributed by atoms with Crippen LogP contribution >= 0.6 is 0 Å². The normalized spacial score (nSPS) is 20.5. The monoisotopic (exact) mass is 348 g/mol.